The second kappa shape index (κ2) is 11.0. The number of carboxylic acids is 1. The van der Waals surface area contributed by atoms with E-state index in [4.69, 9.17) is 9.72 Å². The zero-order chi connectivity index (χ0) is 25.9. The predicted molar refractivity (Wildman–Crippen MR) is 145 cm³/mol. The van der Waals surface area contributed by atoms with Crippen molar-refractivity contribution in [1.29, 1.82) is 0 Å². The van der Waals surface area contributed by atoms with E-state index in [1.165, 1.54) is 11.1 Å². The van der Waals surface area contributed by atoms with Gasteiger partial charge in [-0.1, -0.05) is 48.8 Å². The van der Waals surface area contributed by atoms with Crippen molar-refractivity contribution in [2.75, 3.05) is 18.5 Å². The third kappa shape index (κ3) is 6.66. The highest BCUT2D eigenvalue weighted by atomic mass is 79.9. The molecule has 0 amide bonds. The lowest BCUT2D eigenvalue weighted by Gasteiger charge is -2.23. The van der Waals surface area contributed by atoms with E-state index in [0.29, 0.717) is 25.3 Å². The molecule has 1 atom stereocenters. The number of hydrogen-bond acceptors (Lipinski definition) is 5. The lowest BCUT2D eigenvalue weighted by molar-refractivity contribution is -0.137. The first kappa shape index (κ1) is 26.2. The van der Waals surface area contributed by atoms with E-state index in [1.807, 2.05) is 19.2 Å². The molecule has 0 saturated carbocycles. The Labute approximate surface area is 221 Å². The van der Waals surface area contributed by atoms with Crippen LogP contribution in [0.4, 0.5) is 5.82 Å². The van der Waals surface area contributed by atoms with E-state index in [9.17, 15) is 9.90 Å². The number of rotatable bonds is 9. The minimum atomic E-state index is -0.822. The van der Waals surface area contributed by atoms with E-state index < -0.39 is 5.97 Å². The minimum Gasteiger partial charge on any atom is -0.481 e. The van der Waals surface area contributed by atoms with Crippen molar-refractivity contribution in [3.8, 4) is 5.88 Å². The maximum absolute atomic E-state index is 11.7. The van der Waals surface area contributed by atoms with Crippen LogP contribution in [0.2, 0.25) is 0 Å². The zero-order valence-electron chi connectivity index (χ0n) is 21.5. The van der Waals surface area contributed by atoms with Crippen LogP contribution in [-0.4, -0.2) is 39.0 Å². The van der Waals surface area contributed by atoms with E-state index in [-0.39, 0.29) is 17.8 Å². The average molecular weight is 556 g/mol. The van der Waals surface area contributed by atoms with Gasteiger partial charge >= 0.3 is 5.97 Å². The van der Waals surface area contributed by atoms with Crippen molar-refractivity contribution in [1.82, 2.24) is 14.8 Å². The molecule has 2 aromatic heterocycles. The molecule has 0 spiro atoms. The molecule has 0 fully saturated rings. The van der Waals surface area contributed by atoms with Gasteiger partial charge in [-0.2, -0.15) is 5.10 Å². The molecule has 192 valence electrons. The molecule has 4 rings (SSSR count). The van der Waals surface area contributed by atoms with Gasteiger partial charge < -0.3 is 15.2 Å². The van der Waals surface area contributed by atoms with Crippen LogP contribution in [0.1, 0.15) is 67.6 Å². The second-order valence-electron chi connectivity index (χ2n) is 10.6. The Bertz CT molecular complexity index is 1230. The fourth-order valence-electron chi connectivity index (χ4n) is 4.56. The summed E-state index contributed by atoms with van der Waals surface area (Å²) in [6, 6.07) is 12.4. The molecule has 1 unspecified atom stereocenters. The molecule has 3 aromatic rings. The highest BCUT2D eigenvalue weighted by molar-refractivity contribution is 9.10. The number of carbonyl (C=O) groups is 1. The van der Waals surface area contributed by atoms with Gasteiger partial charge in [0.2, 0.25) is 5.88 Å². The van der Waals surface area contributed by atoms with E-state index in [0.717, 1.165) is 46.6 Å². The molecule has 1 aliphatic rings. The fraction of sp³-hybridized carbons (Fsp3) is 0.464. The summed E-state index contributed by atoms with van der Waals surface area (Å²) in [6.07, 6.45) is 3.47. The van der Waals surface area contributed by atoms with Crippen LogP contribution in [0, 0.1) is 0 Å². The van der Waals surface area contributed by atoms with E-state index in [2.05, 4.69) is 71.4 Å². The predicted octanol–water partition coefficient (Wildman–Crippen LogP) is 5.66. The monoisotopic (exact) mass is 554 g/mol. The molecule has 2 N–H and O–H groups in total. The van der Waals surface area contributed by atoms with Gasteiger partial charge in [-0.05, 0) is 65.5 Å². The largest absolute Gasteiger partial charge is 0.481 e. The van der Waals surface area contributed by atoms with Crippen LogP contribution >= 0.6 is 15.9 Å². The lowest BCUT2D eigenvalue weighted by atomic mass is 9.83. The van der Waals surface area contributed by atoms with Gasteiger partial charge in [0, 0.05) is 36.2 Å². The highest BCUT2D eigenvalue weighted by Crippen LogP contribution is 2.33. The third-order valence-electron chi connectivity index (χ3n) is 6.58. The third-order valence-corrected chi connectivity index (χ3v) is 7.04. The topological polar surface area (TPSA) is 89.3 Å². The average Bonchev–Trinajstić information content (AvgIpc) is 3.16. The van der Waals surface area contributed by atoms with Crippen molar-refractivity contribution in [2.24, 2.45) is 7.05 Å². The Morgan fingerprint density at radius 1 is 1.22 bits per heavy atom. The van der Waals surface area contributed by atoms with Gasteiger partial charge in [-0.3, -0.25) is 4.79 Å². The molecule has 0 bridgehead atoms. The lowest BCUT2D eigenvalue weighted by Crippen LogP contribution is -2.14. The maximum Gasteiger partial charge on any atom is 0.303 e. The van der Waals surface area contributed by atoms with Crippen LogP contribution in [0.15, 0.2) is 40.9 Å². The Morgan fingerprint density at radius 2 is 2.03 bits per heavy atom. The molecular weight excluding hydrogens is 520 g/mol. The van der Waals surface area contributed by atoms with Gasteiger partial charge in [0.05, 0.1) is 18.7 Å². The summed E-state index contributed by atoms with van der Waals surface area (Å²) in [7, 11) is 1.85. The molecule has 3 heterocycles. The van der Waals surface area contributed by atoms with Gasteiger partial charge in [-0.25, -0.2) is 9.67 Å². The number of aromatic nitrogens is 3. The van der Waals surface area contributed by atoms with Crippen molar-refractivity contribution < 1.29 is 14.6 Å². The smallest absolute Gasteiger partial charge is 0.303 e. The molecule has 0 saturated heterocycles. The Kier molecular flexibility index (Phi) is 8.03. The van der Waals surface area contributed by atoms with Crippen molar-refractivity contribution >= 4 is 27.7 Å². The Hall–Kier alpha value is -2.87. The number of pyridine rings is 1. The second-order valence-corrected chi connectivity index (χ2v) is 11.5. The summed E-state index contributed by atoms with van der Waals surface area (Å²) in [5.74, 6) is 0.640. The number of hydrogen-bond donors (Lipinski definition) is 2. The summed E-state index contributed by atoms with van der Waals surface area (Å²) >= 11 is 3.61. The maximum atomic E-state index is 11.7. The molecule has 1 aromatic carbocycles. The van der Waals surface area contributed by atoms with E-state index in [1.54, 1.807) is 4.68 Å². The van der Waals surface area contributed by atoms with Crippen LogP contribution in [-0.2, 0) is 36.5 Å². The number of anilines is 1. The number of ether oxygens (including phenoxy) is 1. The Balaban J connectivity index is 1.44. The minimum absolute atomic E-state index is 0.0326. The zero-order valence-corrected chi connectivity index (χ0v) is 23.1. The van der Waals surface area contributed by atoms with Gasteiger partial charge in [0.15, 0.2) is 0 Å². The van der Waals surface area contributed by atoms with Crippen molar-refractivity contribution in [3.63, 3.8) is 0 Å². The first-order valence-corrected chi connectivity index (χ1v) is 13.3. The summed E-state index contributed by atoms with van der Waals surface area (Å²) in [4.78, 5) is 16.4. The molecular formula is C28H35BrN4O3. The SMILES string of the molecule is Cn1nc(CC(CC(=O)O)c2cc(Br)cc(C(C)(C)C)c2)cc1OCCc1ccc2c(n1)NCCC2. The van der Waals surface area contributed by atoms with Crippen LogP contribution in [0.25, 0.3) is 0 Å². The first-order chi connectivity index (χ1) is 17.1. The molecule has 8 heteroatoms. The molecule has 36 heavy (non-hydrogen) atoms. The number of benzene rings is 1. The number of carboxylic acid groups (broad SMARTS) is 1. The van der Waals surface area contributed by atoms with Crippen LogP contribution in [0.5, 0.6) is 5.88 Å². The first-order valence-electron chi connectivity index (χ1n) is 12.5. The summed E-state index contributed by atoms with van der Waals surface area (Å²) in [5.41, 5.74) is 5.21. The number of aliphatic carboxylic acids is 1. The van der Waals surface area contributed by atoms with Crippen LogP contribution in [0.3, 0.4) is 0 Å². The van der Waals surface area contributed by atoms with Gasteiger partial charge in [-0.15, -0.1) is 0 Å². The summed E-state index contributed by atoms with van der Waals surface area (Å²) in [6.45, 7) is 7.93. The molecule has 0 aliphatic carbocycles. The van der Waals surface area contributed by atoms with E-state index >= 15 is 0 Å². The summed E-state index contributed by atoms with van der Waals surface area (Å²) in [5, 5.41) is 17.6. The van der Waals surface area contributed by atoms with Gasteiger partial charge in [0.25, 0.3) is 0 Å². The van der Waals surface area contributed by atoms with Gasteiger partial charge in [0.1, 0.15) is 5.82 Å². The number of aryl methyl sites for hydroxylation is 2. The summed E-state index contributed by atoms with van der Waals surface area (Å²) < 4.78 is 8.71. The van der Waals surface area contributed by atoms with Crippen LogP contribution < -0.4 is 10.1 Å². The highest BCUT2D eigenvalue weighted by Gasteiger charge is 2.22. The number of halogens is 1. The standard InChI is InChI=1S/C28H35BrN4O3/c1-28(2,3)21-12-19(13-22(29)16-21)20(15-26(34)35)14-24-17-25(33(4)32-24)36-11-9-23-8-7-18-6-5-10-30-27(18)31-23/h7-8,12-13,16-17,20H,5-6,9-11,14-15H2,1-4H3,(H,30,31)(H,34,35). The fourth-order valence-corrected chi connectivity index (χ4v) is 5.07. The Morgan fingerprint density at radius 3 is 2.78 bits per heavy atom. The number of fused-ring (bicyclic) bond motifs is 1. The normalized spacial score (nSPS) is 14.1. The van der Waals surface area contributed by atoms with Crippen molar-refractivity contribution in [2.45, 2.75) is 64.2 Å². The van der Waals surface area contributed by atoms with Crippen molar-refractivity contribution in [3.05, 3.63) is 68.9 Å². The molecule has 0 radical (unpaired) electrons. The quantitative estimate of drug-likeness (QED) is 0.355. The molecule has 1 aliphatic heterocycles. The number of nitrogens with one attached hydrogen (secondary N) is 1. The molecule has 7 nitrogen and oxygen atoms in total. The number of nitrogens with zero attached hydrogens (tertiary/aromatic N) is 3.